The first kappa shape index (κ1) is 17.0. The van der Waals surface area contributed by atoms with Crippen LogP contribution >= 0.6 is 0 Å². The SMILES string of the molecule is NNC(=O)C1(NS(=O)(=O)c2ccccc2)C=C(c2ccccc2)N=N1. The van der Waals surface area contributed by atoms with Gasteiger partial charge in [-0.25, -0.2) is 14.3 Å². The Hall–Kier alpha value is -2.88. The number of carbonyl (C=O) groups excluding carboxylic acids is 1. The largest absolute Gasteiger partial charge is 0.291 e. The molecule has 0 aromatic heterocycles. The Balaban J connectivity index is 2.01. The van der Waals surface area contributed by atoms with Crippen molar-refractivity contribution < 1.29 is 13.2 Å². The lowest BCUT2D eigenvalue weighted by molar-refractivity contribution is -0.125. The molecule has 3 rings (SSSR count). The number of rotatable bonds is 5. The molecule has 25 heavy (non-hydrogen) atoms. The molecule has 1 heterocycles. The van der Waals surface area contributed by atoms with Crippen LogP contribution in [0.3, 0.4) is 0 Å². The van der Waals surface area contributed by atoms with Crippen LogP contribution in [0.1, 0.15) is 5.56 Å². The fraction of sp³-hybridized carbons (Fsp3) is 0.0625. The van der Waals surface area contributed by atoms with E-state index in [0.717, 1.165) is 0 Å². The normalized spacial score (nSPS) is 19.5. The lowest BCUT2D eigenvalue weighted by Gasteiger charge is -2.21. The molecule has 1 aliphatic heterocycles. The second kappa shape index (κ2) is 6.55. The van der Waals surface area contributed by atoms with Crippen molar-refractivity contribution in [2.45, 2.75) is 10.6 Å². The Labute approximate surface area is 144 Å². The van der Waals surface area contributed by atoms with Crippen LogP contribution in [0.25, 0.3) is 5.70 Å². The highest BCUT2D eigenvalue weighted by atomic mass is 32.2. The summed E-state index contributed by atoms with van der Waals surface area (Å²) in [4.78, 5) is 12.3. The van der Waals surface area contributed by atoms with E-state index in [0.29, 0.717) is 11.3 Å². The second-order valence-electron chi connectivity index (χ2n) is 5.25. The van der Waals surface area contributed by atoms with Gasteiger partial charge < -0.3 is 0 Å². The molecule has 0 radical (unpaired) electrons. The minimum atomic E-state index is -4.03. The minimum absolute atomic E-state index is 0.00374. The van der Waals surface area contributed by atoms with Crippen molar-refractivity contribution in [3.8, 4) is 0 Å². The van der Waals surface area contributed by atoms with Gasteiger partial charge in [0.1, 0.15) is 0 Å². The predicted molar refractivity (Wildman–Crippen MR) is 91.1 cm³/mol. The number of azo groups is 1. The monoisotopic (exact) mass is 357 g/mol. The fourth-order valence-electron chi connectivity index (χ4n) is 2.32. The number of hydrogen-bond acceptors (Lipinski definition) is 6. The highest BCUT2D eigenvalue weighted by molar-refractivity contribution is 7.89. The summed E-state index contributed by atoms with van der Waals surface area (Å²) >= 11 is 0. The number of nitrogens with two attached hydrogens (primary N) is 1. The summed E-state index contributed by atoms with van der Waals surface area (Å²) in [5.41, 5.74) is 1.03. The van der Waals surface area contributed by atoms with Gasteiger partial charge in [0, 0.05) is 5.56 Å². The summed E-state index contributed by atoms with van der Waals surface area (Å²) in [5.74, 6) is 4.37. The first-order valence-corrected chi connectivity index (χ1v) is 8.76. The van der Waals surface area contributed by atoms with Crippen LogP contribution in [0.4, 0.5) is 0 Å². The van der Waals surface area contributed by atoms with Crippen LogP contribution in [0, 0.1) is 0 Å². The number of carbonyl (C=O) groups is 1. The van der Waals surface area contributed by atoms with Gasteiger partial charge in [0.2, 0.25) is 15.7 Å². The summed E-state index contributed by atoms with van der Waals surface area (Å²) < 4.78 is 27.5. The topological polar surface area (TPSA) is 126 Å². The zero-order valence-electron chi connectivity index (χ0n) is 13.0. The van der Waals surface area contributed by atoms with Gasteiger partial charge in [0.15, 0.2) is 0 Å². The molecule has 4 N–H and O–H groups in total. The molecule has 1 aliphatic rings. The van der Waals surface area contributed by atoms with Gasteiger partial charge in [0.25, 0.3) is 5.91 Å². The van der Waals surface area contributed by atoms with Crippen molar-refractivity contribution >= 4 is 21.6 Å². The predicted octanol–water partition coefficient (Wildman–Crippen LogP) is 1.16. The lowest BCUT2D eigenvalue weighted by atomic mass is 10.1. The van der Waals surface area contributed by atoms with Crippen molar-refractivity contribution in [3.05, 3.63) is 72.3 Å². The van der Waals surface area contributed by atoms with Crippen LogP contribution < -0.4 is 16.0 Å². The van der Waals surface area contributed by atoms with Crippen molar-refractivity contribution in [3.63, 3.8) is 0 Å². The van der Waals surface area contributed by atoms with Crippen LogP contribution in [0.5, 0.6) is 0 Å². The van der Waals surface area contributed by atoms with Gasteiger partial charge in [0.05, 0.1) is 10.6 Å². The number of nitrogens with zero attached hydrogens (tertiary/aromatic N) is 2. The van der Waals surface area contributed by atoms with Crippen LogP contribution in [0.2, 0.25) is 0 Å². The first-order chi connectivity index (χ1) is 12.0. The molecule has 1 amide bonds. The van der Waals surface area contributed by atoms with Crippen molar-refractivity contribution in [1.29, 1.82) is 0 Å². The highest BCUT2D eigenvalue weighted by Crippen LogP contribution is 2.30. The third-order valence-electron chi connectivity index (χ3n) is 3.55. The average molecular weight is 357 g/mol. The molecule has 128 valence electrons. The molecule has 0 saturated heterocycles. The summed E-state index contributed by atoms with van der Waals surface area (Å²) in [6, 6.07) is 16.6. The molecule has 0 aliphatic carbocycles. The van der Waals surface area contributed by atoms with Crippen molar-refractivity contribution in [2.24, 2.45) is 16.1 Å². The van der Waals surface area contributed by atoms with E-state index in [-0.39, 0.29) is 4.90 Å². The summed E-state index contributed by atoms with van der Waals surface area (Å²) in [6.07, 6.45) is 1.32. The van der Waals surface area contributed by atoms with E-state index in [1.54, 1.807) is 42.5 Å². The quantitative estimate of drug-likeness (QED) is 0.421. The van der Waals surface area contributed by atoms with Gasteiger partial charge >= 0.3 is 0 Å². The zero-order chi connectivity index (χ0) is 17.9. The van der Waals surface area contributed by atoms with Gasteiger partial charge in [-0.2, -0.15) is 9.84 Å². The maximum absolute atomic E-state index is 12.6. The number of amides is 1. The fourth-order valence-corrected chi connectivity index (χ4v) is 3.55. The van der Waals surface area contributed by atoms with E-state index < -0.39 is 21.6 Å². The lowest BCUT2D eigenvalue weighted by Crippen LogP contribution is -2.57. The Kier molecular flexibility index (Phi) is 4.45. The maximum Gasteiger partial charge on any atom is 0.283 e. The number of hydrazine groups is 1. The standard InChI is InChI=1S/C16H15N5O3S/c17-18-15(22)16(21-25(23,24)13-9-5-2-6-10-13)11-14(19-20-16)12-7-3-1-4-8-12/h1-11,21H,17H2,(H,18,22). The van der Waals surface area contributed by atoms with Crippen molar-refractivity contribution in [2.75, 3.05) is 0 Å². The zero-order valence-corrected chi connectivity index (χ0v) is 13.8. The number of nitrogens with one attached hydrogen (secondary N) is 2. The molecule has 1 unspecified atom stereocenters. The Bertz CT molecular complexity index is 942. The van der Waals surface area contributed by atoms with E-state index >= 15 is 0 Å². The number of hydrogen-bond donors (Lipinski definition) is 3. The Morgan fingerprint density at radius 2 is 1.60 bits per heavy atom. The molecule has 1 atom stereocenters. The molecule has 2 aromatic carbocycles. The Morgan fingerprint density at radius 1 is 1.00 bits per heavy atom. The molecule has 9 heteroatoms. The summed E-state index contributed by atoms with van der Waals surface area (Å²) in [5, 5.41) is 7.81. The summed E-state index contributed by atoms with van der Waals surface area (Å²) in [6.45, 7) is 0. The molecular weight excluding hydrogens is 342 g/mol. The highest BCUT2D eigenvalue weighted by Gasteiger charge is 2.44. The molecular formula is C16H15N5O3S. The van der Waals surface area contributed by atoms with E-state index in [1.807, 2.05) is 11.5 Å². The minimum Gasteiger partial charge on any atom is -0.291 e. The smallest absolute Gasteiger partial charge is 0.283 e. The maximum atomic E-state index is 12.6. The van der Waals surface area contributed by atoms with Crippen molar-refractivity contribution in [1.82, 2.24) is 10.1 Å². The van der Waals surface area contributed by atoms with E-state index in [1.165, 1.54) is 18.2 Å². The molecule has 0 bridgehead atoms. The second-order valence-corrected chi connectivity index (χ2v) is 6.94. The molecule has 2 aromatic rings. The van der Waals surface area contributed by atoms with E-state index in [9.17, 15) is 13.2 Å². The first-order valence-electron chi connectivity index (χ1n) is 7.28. The third-order valence-corrected chi connectivity index (χ3v) is 5.02. The third kappa shape index (κ3) is 3.33. The number of benzene rings is 2. The molecule has 8 nitrogen and oxygen atoms in total. The number of sulfonamides is 1. The van der Waals surface area contributed by atoms with E-state index in [2.05, 4.69) is 15.0 Å². The van der Waals surface area contributed by atoms with Gasteiger partial charge in [-0.3, -0.25) is 10.2 Å². The van der Waals surface area contributed by atoms with E-state index in [4.69, 9.17) is 5.84 Å². The van der Waals surface area contributed by atoms with Gasteiger partial charge in [-0.05, 0) is 18.2 Å². The Morgan fingerprint density at radius 3 is 2.20 bits per heavy atom. The molecule has 0 fully saturated rings. The van der Waals surface area contributed by atoms with Gasteiger partial charge in [-0.15, -0.1) is 5.11 Å². The molecule has 0 spiro atoms. The van der Waals surface area contributed by atoms with Crippen LogP contribution in [0.15, 0.2) is 81.9 Å². The summed E-state index contributed by atoms with van der Waals surface area (Å²) in [7, 11) is -4.03. The van der Waals surface area contributed by atoms with Gasteiger partial charge in [-0.1, -0.05) is 48.5 Å². The molecule has 0 saturated carbocycles. The van der Waals surface area contributed by atoms with Crippen LogP contribution in [-0.4, -0.2) is 20.0 Å². The van der Waals surface area contributed by atoms with Crippen LogP contribution in [-0.2, 0) is 14.8 Å². The average Bonchev–Trinajstić information content (AvgIpc) is 3.07.